The number of benzene rings is 2. The first-order valence-electron chi connectivity index (χ1n) is 7.74. The zero-order valence-corrected chi connectivity index (χ0v) is 16.0. The first-order valence-corrected chi connectivity index (χ1v) is 10.1. The molecule has 0 atom stereocenters. The highest BCUT2D eigenvalue weighted by atomic mass is 35.5. The number of carbonyl (C=O) groups excluding carboxylic acids is 1. The lowest BCUT2D eigenvalue weighted by Crippen LogP contribution is -2.25. The number of anilines is 2. The summed E-state index contributed by atoms with van der Waals surface area (Å²) in [5.74, 6) is -0.686. The number of amides is 1. The van der Waals surface area contributed by atoms with Gasteiger partial charge in [-0.15, -0.1) is 0 Å². The van der Waals surface area contributed by atoms with E-state index in [1.54, 1.807) is 0 Å². The Morgan fingerprint density at radius 3 is 2.52 bits per heavy atom. The van der Waals surface area contributed by atoms with Gasteiger partial charge in [-0.25, -0.2) is 8.42 Å². The van der Waals surface area contributed by atoms with Crippen LogP contribution in [0.2, 0.25) is 10.0 Å². The smallest absolute Gasteiger partial charge is 0.282 e. The van der Waals surface area contributed by atoms with Gasteiger partial charge in [-0.05, 0) is 36.8 Å². The van der Waals surface area contributed by atoms with Crippen LogP contribution in [0.3, 0.4) is 0 Å². The Kier molecular flexibility index (Phi) is 5.27. The minimum absolute atomic E-state index is 0.0710. The number of nitro groups is 1. The molecule has 8 nitrogen and oxygen atoms in total. The molecule has 1 amide bonds. The molecule has 0 unspecified atom stereocenters. The molecule has 1 aliphatic rings. The molecule has 0 radical (unpaired) electrons. The number of nitro benzene ring substituents is 1. The average molecular weight is 430 g/mol. The van der Waals surface area contributed by atoms with Gasteiger partial charge >= 0.3 is 0 Å². The number of carbonyl (C=O) groups is 1. The lowest BCUT2D eigenvalue weighted by molar-refractivity contribution is -0.385. The Bertz CT molecular complexity index is 1040. The fraction of sp³-hybridized carbons (Fsp3) is 0.188. The molecule has 27 heavy (non-hydrogen) atoms. The standard InChI is InChI=1S/C16H13Cl2N3O5S/c17-10-2-5-15(21(23)24)12(8-10)16(22)19-14-4-3-11(9-13(14)18)20-6-1-7-27(20,25)26/h2-5,8-9H,1,6-7H2,(H,19,22). The Hall–Kier alpha value is -2.36. The summed E-state index contributed by atoms with van der Waals surface area (Å²) >= 11 is 12.0. The molecule has 0 saturated carbocycles. The van der Waals surface area contributed by atoms with E-state index in [0.717, 1.165) is 6.07 Å². The molecule has 0 bridgehead atoms. The quantitative estimate of drug-likeness (QED) is 0.588. The maximum atomic E-state index is 12.4. The normalized spacial score (nSPS) is 15.6. The highest BCUT2D eigenvalue weighted by Crippen LogP contribution is 2.32. The maximum absolute atomic E-state index is 12.4. The molecule has 0 aromatic heterocycles. The lowest BCUT2D eigenvalue weighted by atomic mass is 10.1. The molecule has 0 aliphatic carbocycles. The van der Waals surface area contributed by atoms with Crippen LogP contribution in [0.15, 0.2) is 36.4 Å². The van der Waals surface area contributed by atoms with Crippen LogP contribution in [0.5, 0.6) is 0 Å². The summed E-state index contributed by atoms with van der Waals surface area (Å²) in [6.45, 7) is 0.360. The van der Waals surface area contributed by atoms with Crippen LogP contribution in [-0.2, 0) is 10.0 Å². The molecule has 1 aliphatic heterocycles. The lowest BCUT2D eigenvalue weighted by Gasteiger charge is -2.18. The van der Waals surface area contributed by atoms with Gasteiger partial charge in [0.1, 0.15) is 5.56 Å². The fourth-order valence-corrected chi connectivity index (χ4v) is 4.68. The van der Waals surface area contributed by atoms with Gasteiger partial charge in [-0.3, -0.25) is 19.2 Å². The molecule has 1 heterocycles. The highest BCUT2D eigenvalue weighted by Gasteiger charge is 2.29. The number of nitrogens with zero attached hydrogens (tertiary/aromatic N) is 2. The van der Waals surface area contributed by atoms with Gasteiger partial charge in [-0.1, -0.05) is 23.2 Å². The van der Waals surface area contributed by atoms with E-state index in [1.165, 1.54) is 34.6 Å². The summed E-state index contributed by atoms with van der Waals surface area (Å²) < 4.78 is 25.2. The van der Waals surface area contributed by atoms with Crippen molar-refractivity contribution >= 4 is 56.2 Å². The zero-order chi connectivity index (χ0) is 19.8. The third-order valence-corrected chi connectivity index (χ3v) is 6.41. The molecule has 3 rings (SSSR count). The predicted octanol–water partition coefficient (Wildman–Crippen LogP) is 3.69. The average Bonchev–Trinajstić information content (AvgIpc) is 2.95. The second-order valence-corrected chi connectivity index (χ2v) is 8.64. The van der Waals surface area contributed by atoms with E-state index in [9.17, 15) is 23.3 Å². The van der Waals surface area contributed by atoms with Gasteiger partial charge < -0.3 is 5.32 Å². The third kappa shape index (κ3) is 4.00. The minimum Gasteiger partial charge on any atom is -0.320 e. The number of rotatable bonds is 4. The van der Waals surface area contributed by atoms with E-state index < -0.39 is 26.5 Å². The number of hydrogen-bond donors (Lipinski definition) is 1. The van der Waals surface area contributed by atoms with E-state index in [1.807, 2.05) is 0 Å². The SMILES string of the molecule is O=C(Nc1ccc(N2CCCS2(=O)=O)cc1Cl)c1cc(Cl)ccc1[N+](=O)[O-]. The van der Waals surface area contributed by atoms with Crippen LogP contribution >= 0.6 is 23.2 Å². The summed E-state index contributed by atoms with van der Waals surface area (Å²) in [6, 6.07) is 8.02. The molecule has 2 aromatic rings. The summed E-state index contributed by atoms with van der Waals surface area (Å²) in [7, 11) is -3.36. The third-order valence-electron chi connectivity index (χ3n) is 3.99. The van der Waals surface area contributed by atoms with Crippen LogP contribution in [0.25, 0.3) is 0 Å². The molecule has 11 heteroatoms. The molecule has 142 valence electrons. The van der Waals surface area contributed by atoms with E-state index in [4.69, 9.17) is 23.2 Å². The second-order valence-electron chi connectivity index (χ2n) is 5.78. The van der Waals surface area contributed by atoms with Crippen LogP contribution in [0.4, 0.5) is 17.1 Å². The molecule has 1 saturated heterocycles. The van der Waals surface area contributed by atoms with Crippen molar-refractivity contribution in [2.75, 3.05) is 21.9 Å². The molecular weight excluding hydrogens is 417 g/mol. The molecule has 0 spiro atoms. The monoisotopic (exact) mass is 429 g/mol. The van der Waals surface area contributed by atoms with Crippen molar-refractivity contribution in [2.45, 2.75) is 6.42 Å². The predicted molar refractivity (Wildman–Crippen MR) is 103 cm³/mol. The highest BCUT2D eigenvalue weighted by molar-refractivity contribution is 7.93. The Balaban J connectivity index is 1.88. The summed E-state index contributed by atoms with van der Waals surface area (Å²) in [4.78, 5) is 22.9. The van der Waals surface area contributed by atoms with Crippen molar-refractivity contribution in [3.8, 4) is 0 Å². The van der Waals surface area contributed by atoms with E-state index in [-0.39, 0.29) is 27.0 Å². The van der Waals surface area contributed by atoms with Crippen molar-refractivity contribution in [1.29, 1.82) is 0 Å². The fourth-order valence-electron chi connectivity index (χ4n) is 2.73. The van der Waals surface area contributed by atoms with Gasteiger partial charge in [0, 0.05) is 17.6 Å². The Morgan fingerprint density at radius 2 is 1.93 bits per heavy atom. The zero-order valence-electron chi connectivity index (χ0n) is 13.7. The van der Waals surface area contributed by atoms with E-state index in [0.29, 0.717) is 18.7 Å². The maximum Gasteiger partial charge on any atom is 0.282 e. The summed E-state index contributed by atoms with van der Waals surface area (Å²) in [5.41, 5.74) is -0.0249. The minimum atomic E-state index is -3.36. The largest absolute Gasteiger partial charge is 0.320 e. The Labute approximate surface area is 164 Å². The van der Waals surface area contributed by atoms with Crippen LogP contribution in [0, 0.1) is 10.1 Å². The van der Waals surface area contributed by atoms with Gasteiger partial charge in [0.15, 0.2) is 0 Å². The molecule has 2 aromatic carbocycles. The number of sulfonamides is 1. The molecular formula is C16H13Cl2N3O5S. The summed E-state index contributed by atoms with van der Waals surface area (Å²) in [6.07, 6.45) is 0.525. The van der Waals surface area contributed by atoms with Crippen molar-refractivity contribution in [3.63, 3.8) is 0 Å². The van der Waals surface area contributed by atoms with Crippen molar-refractivity contribution in [3.05, 3.63) is 62.1 Å². The number of hydrogen-bond acceptors (Lipinski definition) is 5. The topological polar surface area (TPSA) is 110 Å². The van der Waals surface area contributed by atoms with E-state index >= 15 is 0 Å². The van der Waals surface area contributed by atoms with Gasteiger partial charge in [0.2, 0.25) is 10.0 Å². The van der Waals surface area contributed by atoms with Crippen LogP contribution < -0.4 is 9.62 Å². The molecule has 1 fully saturated rings. The first-order chi connectivity index (χ1) is 12.7. The van der Waals surface area contributed by atoms with E-state index in [2.05, 4.69) is 5.32 Å². The van der Waals surface area contributed by atoms with Crippen molar-refractivity contribution in [1.82, 2.24) is 0 Å². The van der Waals surface area contributed by atoms with Gasteiger partial charge in [-0.2, -0.15) is 0 Å². The van der Waals surface area contributed by atoms with Crippen LogP contribution in [-0.4, -0.2) is 31.5 Å². The first kappa shape index (κ1) is 19.4. The summed E-state index contributed by atoms with van der Waals surface area (Å²) in [5, 5.41) is 13.9. The van der Waals surface area contributed by atoms with Gasteiger partial charge in [0.25, 0.3) is 11.6 Å². The molecule has 1 N–H and O–H groups in total. The Morgan fingerprint density at radius 1 is 1.19 bits per heavy atom. The van der Waals surface area contributed by atoms with Crippen molar-refractivity contribution < 1.29 is 18.1 Å². The number of nitrogens with one attached hydrogen (secondary N) is 1. The van der Waals surface area contributed by atoms with Crippen molar-refractivity contribution in [2.24, 2.45) is 0 Å². The number of halogens is 2. The second kappa shape index (κ2) is 7.34. The van der Waals surface area contributed by atoms with Gasteiger partial charge in [0.05, 0.1) is 27.1 Å². The van der Waals surface area contributed by atoms with Crippen LogP contribution in [0.1, 0.15) is 16.8 Å².